The maximum absolute atomic E-state index is 14.3. The summed E-state index contributed by atoms with van der Waals surface area (Å²) >= 11 is 1.46. The van der Waals surface area contributed by atoms with E-state index in [-0.39, 0.29) is 18.6 Å². The molecule has 2 aliphatic rings. The molecule has 1 saturated heterocycles. The van der Waals surface area contributed by atoms with E-state index in [4.69, 9.17) is 15.2 Å². The highest BCUT2D eigenvalue weighted by molar-refractivity contribution is 8.13. The lowest BCUT2D eigenvalue weighted by molar-refractivity contribution is -0.0837. The maximum Gasteiger partial charge on any atom is 0.154 e. The Morgan fingerprint density at radius 1 is 1.50 bits per heavy atom. The van der Waals surface area contributed by atoms with Crippen molar-refractivity contribution in [3.8, 4) is 0 Å². The first kappa shape index (κ1) is 15.7. The Hall–Kier alpha value is -1.18. The molecular formula is C15H18F2N2O2S. The van der Waals surface area contributed by atoms with Crippen molar-refractivity contribution in [3.05, 3.63) is 35.4 Å². The zero-order valence-corrected chi connectivity index (χ0v) is 13.0. The number of hydrogen-bond donors (Lipinski definition) is 1. The van der Waals surface area contributed by atoms with Crippen LogP contribution in [0.5, 0.6) is 0 Å². The first-order valence-electron chi connectivity index (χ1n) is 7.09. The number of benzene rings is 1. The van der Waals surface area contributed by atoms with Crippen molar-refractivity contribution >= 4 is 16.9 Å². The second-order valence-corrected chi connectivity index (χ2v) is 6.67. The van der Waals surface area contributed by atoms with Gasteiger partial charge in [-0.25, -0.2) is 13.8 Å². The Labute approximate surface area is 132 Å². The quantitative estimate of drug-likeness (QED) is 0.925. The fourth-order valence-electron chi connectivity index (χ4n) is 3.19. The van der Waals surface area contributed by atoms with Crippen LogP contribution in [0, 0.1) is 17.6 Å². The third-order valence-electron chi connectivity index (χ3n) is 4.25. The van der Waals surface area contributed by atoms with Gasteiger partial charge in [0, 0.05) is 30.4 Å². The van der Waals surface area contributed by atoms with Crippen molar-refractivity contribution in [3.63, 3.8) is 0 Å². The van der Waals surface area contributed by atoms with Crippen molar-refractivity contribution in [1.29, 1.82) is 0 Å². The van der Waals surface area contributed by atoms with E-state index in [1.807, 2.05) is 0 Å². The third-order valence-corrected chi connectivity index (χ3v) is 5.21. The number of methoxy groups -OCH3 is 1. The van der Waals surface area contributed by atoms with E-state index in [1.165, 1.54) is 23.9 Å². The molecule has 0 amide bonds. The van der Waals surface area contributed by atoms with Gasteiger partial charge in [-0.1, -0.05) is 17.8 Å². The smallest absolute Gasteiger partial charge is 0.154 e. The van der Waals surface area contributed by atoms with Crippen LogP contribution in [0.1, 0.15) is 12.0 Å². The molecule has 1 fully saturated rings. The van der Waals surface area contributed by atoms with Crippen LogP contribution in [-0.4, -0.2) is 37.3 Å². The summed E-state index contributed by atoms with van der Waals surface area (Å²) in [5.74, 6) is -0.415. The molecule has 1 aromatic rings. The summed E-state index contributed by atoms with van der Waals surface area (Å²) in [6.07, 6.45) is 0.663. The largest absolute Gasteiger partial charge is 0.382 e. The van der Waals surface area contributed by atoms with Gasteiger partial charge in [-0.15, -0.1) is 0 Å². The van der Waals surface area contributed by atoms with Crippen molar-refractivity contribution in [2.24, 2.45) is 16.6 Å². The van der Waals surface area contributed by atoms with E-state index >= 15 is 0 Å². The zero-order valence-electron chi connectivity index (χ0n) is 12.2. The molecule has 4 nitrogen and oxygen atoms in total. The van der Waals surface area contributed by atoms with Crippen LogP contribution < -0.4 is 5.73 Å². The van der Waals surface area contributed by atoms with Gasteiger partial charge in [0.05, 0.1) is 19.3 Å². The lowest BCUT2D eigenvalue weighted by Crippen LogP contribution is -2.51. The minimum atomic E-state index is -0.878. The Balaban J connectivity index is 2.01. The first-order chi connectivity index (χ1) is 10.5. The fraction of sp³-hybridized carbons (Fsp3) is 0.533. The molecule has 3 rings (SSSR count). The van der Waals surface area contributed by atoms with Gasteiger partial charge in [0.2, 0.25) is 0 Å². The minimum absolute atomic E-state index is 0.0400. The molecule has 0 saturated carbocycles. The highest BCUT2D eigenvalue weighted by atomic mass is 32.2. The summed E-state index contributed by atoms with van der Waals surface area (Å²) < 4.78 is 38.5. The highest BCUT2D eigenvalue weighted by Crippen LogP contribution is 2.46. The number of ether oxygens (including phenoxy) is 2. The third kappa shape index (κ3) is 2.73. The SMILES string of the molecule is COC[C@H]1C[C@H]2CSC(N)=N[C@@]2(c2ccc(F)cc2F)CO1. The van der Waals surface area contributed by atoms with Gasteiger partial charge in [-0.05, 0) is 12.5 Å². The van der Waals surface area contributed by atoms with E-state index in [1.54, 1.807) is 7.11 Å². The second kappa shape index (κ2) is 6.14. The van der Waals surface area contributed by atoms with Crippen molar-refractivity contribution in [2.45, 2.75) is 18.1 Å². The summed E-state index contributed by atoms with van der Waals surface area (Å²) in [6, 6.07) is 3.58. The number of halogens is 2. The van der Waals surface area contributed by atoms with Crippen LogP contribution in [0.2, 0.25) is 0 Å². The van der Waals surface area contributed by atoms with E-state index in [0.29, 0.717) is 23.8 Å². The number of nitrogens with two attached hydrogens (primary N) is 1. The summed E-state index contributed by atoms with van der Waals surface area (Å²) in [5.41, 5.74) is 5.34. The molecule has 2 N–H and O–H groups in total. The molecule has 7 heteroatoms. The Morgan fingerprint density at radius 2 is 2.32 bits per heavy atom. The van der Waals surface area contributed by atoms with Crippen LogP contribution in [0.3, 0.4) is 0 Å². The molecule has 0 spiro atoms. The first-order valence-corrected chi connectivity index (χ1v) is 8.08. The fourth-order valence-corrected chi connectivity index (χ4v) is 4.20. The topological polar surface area (TPSA) is 56.8 Å². The summed E-state index contributed by atoms with van der Waals surface area (Å²) in [6.45, 7) is 0.706. The van der Waals surface area contributed by atoms with Crippen molar-refractivity contribution in [1.82, 2.24) is 0 Å². The lowest BCUT2D eigenvalue weighted by atomic mass is 9.75. The Kier molecular flexibility index (Phi) is 4.38. The Bertz CT molecular complexity index is 599. The number of thioether (sulfide) groups is 1. The number of fused-ring (bicyclic) bond motifs is 1. The van der Waals surface area contributed by atoms with Crippen molar-refractivity contribution < 1.29 is 18.3 Å². The molecule has 1 aromatic carbocycles. The molecule has 0 radical (unpaired) electrons. The molecule has 0 bridgehead atoms. The predicted octanol–water partition coefficient (Wildman–Crippen LogP) is 2.27. The van der Waals surface area contributed by atoms with E-state index < -0.39 is 17.2 Å². The summed E-state index contributed by atoms with van der Waals surface area (Å²) in [7, 11) is 1.62. The number of rotatable bonds is 3. The number of aliphatic imine (C=N–C) groups is 1. The maximum atomic E-state index is 14.3. The molecule has 3 atom stereocenters. The summed E-state index contributed by atoms with van der Waals surface area (Å²) in [4.78, 5) is 4.52. The number of nitrogens with zero attached hydrogens (tertiary/aromatic N) is 1. The monoisotopic (exact) mass is 328 g/mol. The number of hydrogen-bond acceptors (Lipinski definition) is 5. The number of amidine groups is 1. The van der Waals surface area contributed by atoms with Crippen LogP contribution in [0.4, 0.5) is 8.78 Å². The summed E-state index contributed by atoms with van der Waals surface area (Å²) in [5, 5.41) is 0.411. The average molecular weight is 328 g/mol. The highest BCUT2D eigenvalue weighted by Gasteiger charge is 2.49. The Morgan fingerprint density at radius 3 is 3.05 bits per heavy atom. The van der Waals surface area contributed by atoms with Gasteiger partial charge in [0.15, 0.2) is 5.17 Å². The molecule has 2 aliphatic heterocycles. The molecule has 0 aromatic heterocycles. The lowest BCUT2D eigenvalue weighted by Gasteiger charge is -2.46. The van der Waals surface area contributed by atoms with E-state index in [9.17, 15) is 8.78 Å². The zero-order chi connectivity index (χ0) is 15.7. The molecule has 2 heterocycles. The molecule has 120 valence electrons. The average Bonchev–Trinajstić information content (AvgIpc) is 2.47. The molecule has 0 unspecified atom stereocenters. The van der Waals surface area contributed by atoms with Crippen LogP contribution in [0.25, 0.3) is 0 Å². The molecule has 0 aliphatic carbocycles. The van der Waals surface area contributed by atoms with Gasteiger partial charge in [0.25, 0.3) is 0 Å². The van der Waals surface area contributed by atoms with E-state index in [2.05, 4.69) is 4.99 Å². The standard InChI is InChI=1S/C15H18F2N2O2S/c1-20-6-11-4-9-7-22-14(18)19-15(9,8-21-11)12-3-2-10(16)5-13(12)17/h2-3,5,9,11H,4,6-8H2,1H3,(H2,18,19)/t9-,11+,15-/m0/s1. The van der Waals surface area contributed by atoms with Gasteiger partial charge in [0.1, 0.15) is 17.2 Å². The molecule has 22 heavy (non-hydrogen) atoms. The van der Waals surface area contributed by atoms with E-state index in [0.717, 1.165) is 11.8 Å². The van der Waals surface area contributed by atoms with Gasteiger partial charge < -0.3 is 15.2 Å². The van der Waals surface area contributed by atoms with Crippen LogP contribution in [-0.2, 0) is 15.0 Å². The minimum Gasteiger partial charge on any atom is -0.382 e. The van der Waals surface area contributed by atoms with Crippen LogP contribution >= 0.6 is 11.8 Å². The second-order valence-electron chi connectivity index (χ2n) is 5.63. The van der Waals surface area contributed by atoms with Gasteiger partial charge in [-0.3, -0.25) is 0 Å². The van der Waals surface area contributed by atoms with Crippen LogP contribution in [0.15, 0.2) is 23.2 Å². The molecular weight excluding hydrogens is 310 g/mol. The van der Waals surface area contributed by atoms with Gasteiger partial charge >= 0.3 is 0 Å². The van der Waals surface area contributed by atoms with Gasteiger partial charge in [-0.2, -0.15) is 0 Å². The normalized spacial score (nSPS) is 31.5. The predicted molar refractivity (Wildman–Crippen MR) is 81.8 cm³/mol. The van der Waals surface area contributed by atoms with Crippen molar-refractivity contribution in [2.75, 3.05) is 26.1 Å².